The van der Waals surface area contributed by atoms with Crippen LogP contribution >= 0.6 is 0 Å². The number of aryl methyl sites for hydroxylation is 2. The Morgan fingerprint density at radius 1 is 0.966 bits per heavy atom. The highest BCUT2D eigenvalue weighted by Crippen LogP contribution is 2.38. The van der Waals surface area contributed by atoms with E-state index in [4.69, 9.17) is 5.26 Å². The molecule has 0 amide bonds. The zero-order valence-corrected chi connectivity index (χ0v) is 17.1. The molecular weight excluding hydrogens is 364 g/mol. The van der Waals surface area contributed by atoms with E-state index < -0.39 is 17.2 Å². The van der Waals surface area contributed by atoms with Crippen molar-refractivity contribution in [1.29, 1.82) is 5.26 Å². The van der Waals surface area contributed by atoms with Gasteiger partial charge in [0.1, 0.15) is 23.3 Å². The quantitative estimate of drug-likeness (QED) is 0.454. The summed E-state index contributed by atoms with van der Waals surface area (Å²) in [5.74, 6) is -0.606. The van der Waals surface area contributed by atoms with E-state index in [1.165, 1.54) is 29.7 Å². The van der Waals surface area contributed by atoms with Crippen molar-refractivity contribution in [2.75, 3.05) is 0 Å². The average molecular weight is 394 g/mol. The Kier molecular flexibility index (Phi) is 7.58. The Morgan fingerprint density at radius 2 is 1.55 bits per heavy atom. The van der Waals surface area contributed by atoms with Gasteiger partial charge >= 0.3 is 0 Å². The number of hydrogen-bond acceptors (Lipinski definition) is 1. The molecule has 0 aliphatic heterocycles. The maximum atomic E-state index is 13.9. The maximum absolute atomic E-state index is 13.9. The Hall–Kier alpha value is -2.47. The van der Waals surface area contributed by atoms with Crippen LogP contribution in [0.3, 0.4) is 0 Å². The van der Waals surface area contributed by atoms with Crippen molar-refractivity contribution in [3.63, 3.8) is 0 Å². The fraction of sp³-hybridized carbons (Fsp3) is 0.423. The van der Waals surface area contributed by atoms with Crippen LogP contribution in [0.1, 0.15) is 73.6 Å². The van der Waals surface area contributed by atoms with Crippen LogP contribution in [0.2, 0.25) is 0 Å². The molecule has 1 aliphatic rings. The van der Waals surface area contributed by atoms with Gasteiger partial charge in [-0.25, -0.2) is 8.78 Å². The van der Waals surface area contributed by atoms with Crippen LogP contribution in [-0.4, -0.2) is 0 Å². The number of rotatable bonds is 7. The van der Waals surface area contributed by atoms with Crippen LogP contribution in [0.5, 0.6) is 0 Å². The Bertz CT molecular complexity index is 846. The predicted octanol–water partition coefficient (Wildman–Crippen LogP) is 7.25. The molecule has 1 fully saturated rings. The molecule has 1 nitrogen and oxygen atoms in total. The first-order chi connectivity index (χ1) is 14.1. The highest BCUT2D eigenvalue weighted by molar-refractivity contribution is 5.36. The molecule has 29 heavy (non-hydrogen) atoms. The van der Waals surface area contributed by atoms with Crippen molar-refractivity contribution in [3.8, 4) is 6.07 Å². The van der Waals surface area contributed by atoms with E-state index in [0.29, 0.717) is 11.5 Å². The lowest BCUT2D eigenvalue weighted by Gasteiger charge is -2.29. The van der Waals surface area contributed by atoms with Crippen molar-refractivity contribution >= 4 is 0 Å². The van der Waals surface area contributed by atoms with E-state index in [1.807, 2.05) is 0 Å². The van der Waals surface area contributed by atoms with Gasteiger partial charge in [-0.2, -0.15) is 5.26 Å². The molecule has 2 aromatic rings. The van der Waals surface area contributed by atoms with Crippen LogP contribution < -0.4 is 0 Å². The van der Waals surface area contributed by atoms with Crippen LogP contribution in [0.25, 0.3) is 0 Å². The number of nitrogens with zero attached hydrogens (tertiary/aromatic N) is 1. The first-order valence-corrected chi connectivity index (χ1v) is 10.7. The predicted molar refractivity (Wildman–Crippen MR) is 114 cm³/mol. The van der Waals surface area contributed by atoms with E-state index >= 15 is 0 Å². The van der Waals surface area contributed by atoms with Crippen molar-refractivity contribution in [2.45, 2.75) is 64.2 Å². The van der Waals surface area contributed by atoms with Crippen molar-refractivity contribution in [1.82, 2.24) is 0 Å². The van der Waals surface area contributed by atoms with E-state index in [-0.39, 0.29) is 5.92 Å². The van der Waals surface area contributed by atoms with Gasteiger partial charge in [-0.05, 0) is 98.9 Å². The molecule has 0 N–H and O–H groups in total. The molecule has 0 heterocycles. The topological polar surface area (TPSA) is 23.8 Å². The number of halogens is 2. The summed E-state index contributed by atoms with van der Waals surface area (Å²) in [6.45, 7) is 2.05. The van der Waals surface area contributed by atoms with E-state index in [9.17, 15) is 8.78 Å². The minimum absolute atomic E-state index is 0.194. The molecule has 0 aromatic heterocycles. The molecule has 0 radical (unpaired) electrons. The fourth-order valence-electron chi connectivity index (χ4n) is 4.38. The van der Waals surface area contributed by atoms with Gasteiger partial charge in [0.15, 0.2) is 0 Å². The van der Waals surface area contributed by atoms with E-state index in [0.717, 1.165) is 44.9 Å². The van der Waals surface area contributed by atoms with Gasteiger partial charge in [-0.3, -0.25) is 0 Å². The zero-order chi connectivity index (χ0) is 20.6. The highest BCUT2D eigenvalue weighted by atomic mass is 19.1. The third-order valence-electron chi connectivity index (χ3n) is 6.19. The monoisotopic (exact) mass is 393 g/mol. The van der Waals surface area contributed by atoms with Crippen LogP contribution in [0.15, 0.2) is 48.6 Å². The van der Waals surface area contributed by atoms with Gasteiger partial charge in [0.25, 0.3) is 0 Å². The lowest BCUT2D eigenvalue weighted by molar-refractivity contribution is 0.309. The molecule has 3 heteroatoms. The molecule has 0 unspecified atom stereocenters. The second-order valence-corrected chi connectivity index (χ2v) is 8.15. The molecule has 1 aliphatic carbocycles. The van der Waals surface area contributed by atoms with Gasteiger partial charge in [0, 0.05) is 0 Å². The summed E-state index contributed by atoms with van der Waals surface area (Å²) in [7, 11) is 0. The fourth-order valence-corrected chi connectivity index (χ4v) is 4.38. The van der Waals surface area contributed by atoms with Gasteiger partial charge in [0.05, 0.1) is 0 Å². The van der Waals surface area contributed by atoms with Crippen molar-refractivity contribution in [2.24, 2.45) is 5.92 Å². The molecule has 152 valence electrons. The Balaban J connectivity index is 1.47. The molecule has 0 bridgehead atoms. The lowest BCUT2D eigenvalue weighted by Crippen LogP contribution is -2.14. The minimum atomic E-state index is -0.737. The molecular formula is C26H29F2N. The van der Waals surface area contributed by atoms with Gasteiger partial charge in [0.2, 0.25) is 0 Å². The Labute approximate surface area is 173 Å². The van der Waals surface area contributed by atoms with Gasteiger partial charge in [-0.15, -0.1) is 0 Å². The average Bonchev–Trinajstić information content (AvgIpc) is 2.73. The Morgan fingerprint density at radius 3 is 2.10 bits per heavy atom. The van der Waals surface area contributed by atoms with E-state index in [2.05, 4.69) is 43.3 Å². The summed E-state index contributed by atoms with van der Waals surface area (Å²) in [5.41, 5.74) is 2.99. The SMILES string of the molecule is C/C=C/CCc1ccc(CCC2CCC(c3cc(F)c(C#N)c(F)c3)CC2)cc1. The van der Waals surface area contributed by atoms with Crippen LogP contribution in [-0.2, 0) is 12.8 Å². The first kappa shape index (κ1) is 21.2. The lowest BCUT2D eigenvalue weighted by atomic mass is 9.76. The summed E-state index contributed by atoms with van der Waals surface area (Å²) < 4.78 is 27.8. The van der Waals surface area contributed by atoms with Gasteiger partial charge in [-0.1, -0.05) is 36.4 Å². The summed E-state index contributed by atoms with van der Waals surface area (Å²) in [4.78, 5) is 0. The third kappa shape index (κ3) is 5.76. The largest absolute Gasteiger partial charge is 0.205 e. The first-order valence-electron chi connectivity index (χ1n) is 10.7. The van der Waals surface area contributed by atoms with Crippen LogP contribution in [0, 0.1) is 28.9 Å². The summed E-state index contributed by atoms with van der Waals surface area (Å²) in [6.07, 6.45) is 12.8. The maximum Gasteiger partial charge on any atom is 0.144 e. The smallest absolute Gasteiger partial charge is 0.144 e. The zero-order valence-electron chi connectivity index (χ0n) is 17.1. The summed E-state index contributed by atoms with van der Waals surface area (Å²) in [6, 6.07) is 13.3. The number of allylic oxidation sites excluding steroid dienone is 2. The normalized spacial score (nSPS) is 19.4. The summed E-state index contributed by atoms with van der Waals surface area (Å²) >= 11 is 0. The molecule has 3 rings (SSSR count). The van der Waals surface area contributed by atoms with E-state index in [1.54, 1.807) is 6.07 Å². The third-order valence-corrected chi connectivity index (χ3v) is 6.19. The second-order valence-electron chi connectivity index (χ2n) is 8.15. The molecule has 1 saturated carbocycles. The number of benzene rings is 2. The minimum Gasteiger partial charge on any atom is -0.205 e. The van der Waals surface area contributed by atoms with Crippen molar-refractivity contribution in [3.05, 3.63) is 82.4 Å². The summed E-state index contributed by atoms with van der Waals surface area (Å²) in [5, 5.41) is 8.82. The second kappa shape index (κ2) is 10.3. The molecule has 0 atom stereocenters. The molecule has 2 aromatic carbocycles. The van der Waals surface area contributed by atoms with Crippen LogP contribution in [0.4, 0.5) is 8.78 Å². The molecule has 0 spiro atoms. The van der Waals surface area contributed by atoms with Gasteiger partial charge < -0.3 is 0 Å². The molecule has 0 saturated heterocycles. The number of hydrogen-bond donors (Lipinski definition) is 0. The van der Waals surface area contributed by atoms with Crippen molar-refractivity contribution < 1.29 is 8.78 Å². The standard InChI is InChI=1S/C26H29F2N/c1-2-3-4-5-19-6-8-20(9-7-19)10-11-21-12-14-22(15-13-21)23-16-25(27)24(18-29)26(28)17-23/h2-3,6-9,16-17,21-22H,4-5,10-15H2,1H3/b3-2+. The number of nitriles is 1. The highest BCUT2D eigenvalue weighted by Gasteiger charge is 2.24.